The SMILES string of the molecule is O=COC1Cc2ccccc21. The highest BCUT2D eigenvalue weighted by Crippen LogP contribution is 2.34. The Morgan fingerprint density at radius 2 is 2.27 bits per heavy atom. The second kappa shape index (κ2) is 2.38. The Hall–Kier alpha value is -1.31. The summed E-state index contributed by atoms with van der Waals surface area (Å²) in [5.74, 6) is 0. The summed E-state index contributed by atoms with van der Waals surface area (Å²) < 4.78 is 4.82. The van der Waals surface area contributed by atoms with Gasteiger partial charge in [-0.1, -0.05) is 24.3 Å². The molecule has 0 aliphatic heterocycles. The fraction of sp³-hybridized carbons (Fsp3) is 0.222. The fourth-order valence-corrected chi connectivity index (χ4v) is 1.40. The van der Waals surface area contributed by atoms with Gasteiger partial charge in [-0.05, 0) is 11.1 Å². The average molecular weight is 148 g/mol. The van der Waals surface area contributed by atoms with Gasteiger partial charge in [0.15, 0.2) is 0 Å². The lowest BCUT2D eigenvalue weighted by molar-refractivity contribution is -0.134. The molecule has 0 fully saturated rings. The summed E-state index contributed by atoms with van der Waals surface area (Å²) in [4.78, 5) is 10.00. The van der Waals surface area contributed by atoms with Crippen LogP contribution in [0.3, 0.4) is 0 Å². The number of benzene rings is 1. The van der Waals surface area contributed by atoms with Gasteiger partial charge in [0.05, 0.1) is 0 Å². The largest absolute Gasteiger partial charge is 0.459 e. The van der Waals surface area contributed by atoms with E-state index in [1.54, 1.807) is 0 Å². The van der Waals surface area contributed by atoms with Gasteiger partial charge < -0.3 is 4.74 Å². The van der Waals surface area contributed by atoms with Gasteiger partial charge in [0.1, 0.15) is 6.10 Å². The summed E-state index contributed by atoms with van der Waals surface area (Å²) >= 11 is 0. The highest BCUT2D eigenvalue weighted by molar-refractivity contribution is 5.44. The van der Waals surface area contributed by atoms with E-state index in [1.807, 2.05) is 18.2 Å². The van der Waals surface area contributed by atoms with Crippen molar-refractivity contribution in [2.24, 2.45) is 0 Å². The van der Waals surface area contributed by atoms with Crippen LogP contribution in [0, 0.1) is 0 Å². The first kappa shape index (κ1) is 6.40. The van der Waals surface area contributed by atoms with E-state index in [0.717, 1.165) is 12.0 Å². The molecule has 11 heavy (non-hydrogen) atoms. The van der Waals surface area contributed by atoms with Crippen LogP contribution in [0.2, 0.25) is 0 Å². The molecule has 0 N–H and O–H groups in total. The van der Waals surface area contributed by atoms with Gasteiger partial charge in [-0.2, -0.15) is 0 Å². The average Bonchev–Trinajstić information content (AvgIpc) is 2.01. The van der Waals surface area contributed by atoms with Crippen molar-refractivity contribution in [2.45, 2.75) is 12.5 Å². The Labute approximate surface area is 64.8 Å². The van der Waals surface area contributed by atoms with Crippen LogP contribution in [0.1, 0.15) is 17.2 Å². The number of ether oxygens (including phenoxy) is 1. The number of carbonyl (C=O) groups excluding carboxylic acids is 1. The van der Waals surface area contributed by atoms with Crippen molar-refractivity contribution in [3.05, 3.63) is 35.4 Å². The third-order valence-corrected chi connectivity index (χ3v) is 2.03. The molecule has 0 aromatic heterocycles. The lowest BCUT2D eigenvalue weighted by Crippen LogP contribution is -2.18. The molecule has 1 aromatic carbocycles. The van der Waals surface area contributed by atoms with Gasteiger partial charge in [-0.3, -0.25) is 4.79 Å². The lowest BCUT2D eigenvalue weighted by Gasteiger charge is -2.27. The van der Waals surface area contributed by atoms with Crippen LogP contribution < -0.4 is 0 Å². The lowest BCUT2D eigenvalue weighted by atomic mass is 9.86. The van der Waals surface area contributed by atoms with Crippen molar-refractivity contribution >= 4 is 6.47 Å². The first-order chi connectivity index (χ1) is 5.42. The normalized spacial score (nSPS) is 19.8. The molecule has 0 spiro atoms. The van der Waals surface area contributed by atoms with Gasteiger partial charge >= 0.3 is 0 Å². The van der Waals surface area contributed by atoms with Gasteiger partial charge in [0.2, 0.25) is 0 Å². The highest BCUT2D eigenvalue weighted by Gasteiger charge is 2.26. The molecular weight excluding hydrogens is 140 g/mol. The molecule has 2 rings (SSSR count). The predicted octanol–water partition coefficient (Wildman–Crippen LogP) is 1.46. The zero-order chi connectivity index (χ0) is 7.68. The van der Waals surface area contributed by atoms with Crippen LogP contribution in [0.25, 0.3) is 0 Å². The van der Waals surface area contributed by atoms with Gasteiger partial charge in [-0.25, -0.2) is 0 Å². The van der Waals surface area contributed by atoms with Crippen LogP contribution in [0.15, 0.2) is 24.3 Å². The van der Waals surface area contributed by atoms with Gasteiger partial charge in [0.25, 0.3) is 6.47 Å². The zero-order valence-corrected chi connectivity index (χ0v) is 5.99. The quantitative estimate of drug-likeness (QED) is 0.593. The first-order valence-electron chi connectivity index (χ1n) is 3.58. The number of rotatable bonds is 2. The fourth-order valence-electron chi connectivity index (χ4n) is 1.40. The Balaban J connectivity index is 2.22. The van der Waals surface area contributed by atoms with Crippen molar-refractivity contribution in [1.29, 1.82) is 0 Å². The maximum absolute atomic E-state index is 10.00. The van der Waals surface area contributed by atoms with Crippen molar-refractivity contribution in [3.63, 3.8) is 0 Å². The van der Waals surface area contributed by atoms with Crippen molar-refractivity contribution in [2.75, 3.05) is 0 Å². The molecule has 2 nitrogen and oxygen atoms in total. The van der Waals surface area contributed by atoms with E-state index in [0.29, 0.717) is 6.47 Å². The molecule has 1 atom stereocenters. The number of hydrogen-bond acceptors (Lipinski definition) is 2. The highest BCUT2D eigenvalue weighted by atomic mass is 16.5. The van der Waals surface area contributed by atoms with E-state index < -0.39 is 0 Å². The number of hydrogen-bond donors (Lipinski definition) is 0. The third-order valence-electron chi connectivity index (χ3n) is 2.03. The van der Waals surface area contributed by atoms with E-state index in [2.05, 4.69) is 6.07 Å². The summed E-state index contributed by atoms with van der Waals surface area (Å²) in [5.41, 5.74) is 2.44. The Bertz CT molecular complexity index is 281. The monoisotopic (exact) mass is 148 g/mol. The van der Waals surface area contributed by atoms with Crippen molar-refractivity contribution in [3.8, 4) is 0 Å². The minimum absolute atomic E-state index is 0.0173. The molecule has 0 amide bonds. The first-order valence-corrected chi connectivity index (χ1v) is 3.58. The standard InChI is InChI=1S/C9H8O2/c10-6-11-9-5-7-3-1-2-4-8(7)9/h1-4,6,9H,5H2. The second-order valence-electron chi connectivity index (χ2n) is 2.62. The van der Waals surface area contributed by atoms with Crippen LogP contribution >= 0.6 is 0 Å². The summed E-state index contributed by atoms with van der Waals surface area (Å²) in [6, 6.07) is 8.00. The summed E-state index contributed by atoms with van der Waals surface area (Å²) in [6.07, 6.45) is 0.887. The Kier molecular flexibility index (Phi) is 1.39. The van der Waals surface area contributed by atoms with Crippen molar-refractivity contribution < 1.29 is 9.53 Å². The molecule has 1 unspecified atom stereocenters. The molecule has 0 radical (unpaired) electrons. The molecule has 56 valence electrons. The van der Waals surface area contributed by atoms with E-state index in [9.17, 15) is 4.79 Å². The maximum Gasteiger partial charge on any atom is 0.293 e. The van der Waals surface area contributed by atoms with E-state index in [-0.39, 0.29) is 6.10 Å². The Morgan fingerprint density at radius 3 is 3.00 bits per heavy atom. The second-order valence-corrected chi connectivity index (χ2v) is 2.62. The summed E-state index contributed by atoms with van der Waals surface area (Å²) in [7, 11) is 0. The molecule has 2 heteroatoms. The minimum atomic E-state index is 0.0173. The molecule has 1 aromatic rings. The number of fused-ring (bicyclic) bond motifs is 1. The van der Waals surface area contributed by atoms with E-state index in [4.69, 9.17) is 4.74 Å². The van der Waals surface area contributed by atoms with E-state index >= 15 is 0 Å². The molecule has 0 saturated heterocycles. The summed E-state index contributed by atoms with van der Waals surface area (Å²) in [6.45, 7) is 0.514. The number of carbonyl (C=O) groups is 1. The third kappa shape index (κ3) is 0.909. The molecule has 0 saturated carbocycles. The minimum Gasteiger partial charge on any atom is -0.459 e. The predicted molar refractivity (Wildman–Crippen MR) is 40.0 cm³/mol. The summed E-state index contributed by atoms with van der Waals surface area (Å²) in [5, 5.41) is 0. The molecule has 1 aliphatic carbocycles. The van der Waals surface area contributed by atoms with Gasteiger partial charge in [-0.15, -0.1) is 0 Å². The topological polar surface area (TPSA) is 26.3 Å². The molecule has 1 aliphatic rings. The zero-order valence-electron chi connectivity index (χ0n) is 5.99. The molecule has 0 heterocycles. The van der Waals surface area contributed by atoms with Crippen LogP contribution in [0.4, 0.5) is 0 Å². The Morgan fingerprint density at radius 1 is 1.45 bits per heavy atom. The van der Waals surface area contributed by atoms with Crippen molar-refractivity contribution in [1.82, 2.24) is 0 Å². The van der Waals surface area contributed by atoms with Gasteiger partial charge in [0, 0.05) is 6.42 Å². The molecule has 0 bridgehead atoms. The van der Waals surface area contributed by atoms with Crippen LogP contribution in [-0.4, -0.2) is 6.47 Å². The van der Waals surface area contributed by atoms with E-state index in [1.165, 1.54) is 5.56 Å². The maximum atomic E-state index is 10.00. The smallest absolute Gasteiger partial charge is 0.293 e. The molecular formula is C9H8O2. The van der Waals surface area contributed by atoms with Crippen LogP contribution in [-0.2, 0) is 16.0 Å². The van der Waals surface area contributed by atoms with Crippen LogP contribution in [0.5, 0.6) is 0 Å².